The summed E-state index contributed by atoms with van der Waals surface area (Å²) in [6.07, 6.45) is 6.30. The third kappa shape index (κ3) is 3.27. The van der Waals surface area contributed by atoms with Crippen LogP contribution in [0.3, 0.4) is 0 Å². The Balaban J connectivity index is 1.41. The molecule has 2 saturated heterocycles. The van der Waals surface area contributed by atoms with Gasteiger partial charge in [0.05, 0.1) is 24.4 Å². The van der Waals surface area contributed by atoms with Gasteiger partial charge in [0.2, 0.25) is 5.91 Å². The zero-order valence-corrected chi connectivity index (χ0v) is 12.8. The summed E-state index contributed by atoms with van der Waals surface area (Å²) in [5.74, 6) is 0.0978. The molecule has 0 radical (unpaired) electrons. The number of aryl methyl sites for hydroxylation is 1. The van der Waals surface area contributed by atoms with Crippen LogP contribution >= 0.6 is 0 Å². The summed E-state index contributed by atoms with van der Waals surface area (Å²) in [6, 6.07) is 0.312. The Hall–Kier alpha value is -1.40. The summed E-state index contributed by atoms with van der Waals surface area (Å²) in [6.45, 7) is 7.24. The minimum Gasteiger partial charge on any atom is -0.376 e. The third-order valence-corrected chi connectivity index (χ3v) is 4.45. The lowest BCUT2D eigenvalue weighted by Crippen LogP contribution is -2.57. The Labute approximate surface area is 125 Å². The van der Waals surface area contributed by atoms with Crippen molar-refractivity contribution in [2.24, 2.45) is 0 Å². The summed E-state index contributed by atoms with van der Waals surface area (Å²) in [7, 11) is 0. The number of rotatable bonds is 5. The average molecular weight is 292 g/mol. The lowest BCUT2D eigenvalue weighted by Gasteiger charge is -2.42. The van der Waals surface area contributed by atoms with Crippen molar-refractivity contribution < 1.29 is 9.53 Å². The Morgan fingerprint density at radius 3 is 3.00 bits per heavy atom. The van der Waals surface area contributed by atoms with Gasteiger partial charge >= 0.3 is 0 Å². The van der Waals surface area contributed by atoms with Crippen molar-refractivity contribution in [3.05, 3.63) is 18.0 Å². The van der Waals surface area contributed by atoms with Crippen LogP contribution in [0.5, 0.6) is 0 Å². The quantitative estimate of drug-likeness (QED) is 0.869. The van der Waals surface area contributed by atoms with Gasteiger partial charge in [-0.05, 0) is 32.3 Å². The average Bonchev–Trinajstić information content (AvgIpc) is 3.06. The number of carbonyl (C=O) groups excluding carboxylic acids is 1. The second-order valence-corrected chi connectivity index (χ2v) is 6.16. The van der Waals surface area contributed by atoms with Crippen LogP contribution in [0.25, 0.3) is 0 Å². The Morgan fingerprint density at radius 2 is 2.38 bits per heavy atom. The standard InChI is InChI=1S/C15H24N4O2/c1-11-6-17-19(8-11)13-9-18(10-13)12(2)15(20)16-7-14-4-3-5-21-14/h6,8,12-14H,3-5,7,9-10H2,1-2H3,(H,16,20)/t12-,14-/m0/s1. The third-order valence-electron chi connectivity index (χ3n) is 4.45. The predicted molar refractivity (Wildman–Crippen MR) is 79.0 cm³/mol. The summed E-state index contributed by atoms with van der Waals surface area (Å²) >= 11 is 0. The molecule has 0 saturated carbocycles. The molecule has 1 aromatic rings. The minimum atomic E-state index is -0.0840. The summed E-state index contributed by atoms with van der Waals surface area (Å²) < 4.78 is 7.52. The second-order valence-electron chi connectivity index (χ2n) is 6.16. The molecule has 3 heterocycles. The number of amides is 1. The Bertz CT molecular complexity index is 490. The summed E-state index contributed by atoms with van der Waals surface area (Å²) in [5, 5.41) is 7.34. The van der Waals surface area contributed by atoms with Crippen molar-refractivity contribution in [1.29, 1.82) is 0 Å². The lowest BCUT2D eigenvalue weighted by molar-refractivity contribution is -0.128. The fourth-order valence-electron chi connectivity index (χ4n) is 2.94. The molecule has 2 atom stereocenters. The van der Waals surface area contributed by atoms with E-state index in [1.54, 1.807) is 0 Å². The first-order chi connectivity index (χ1) is 10.1. The van der Waals surface area contributed by atoms with E-state index in [9.17, 15) is 4.79 Å². The monoisotopic (exact) mass is 292 g/mol. The molecule has 6 nitrogen and oxygen atoms in total. The maximum atomic E-state index is 12.2. The lowest BCUT2D eigenvalue weighted by atomic mass is 10.1. The fourth-order valence-corrected chi connectivity index (χ4v) is 2.94. The molecule has 0 bridgehead atoms. The number of likely N-dealkylation sites (tertiary alicyclic amines) is 1. The topological polar surface area (TPSA) is 59.4 Å². The molecule has 6 heteroatoms. The van der Waals surface area contributed by atoms with Gasteiger partial charge in [-0.2, -0.15) is 5.10 Å². The number of nitrogens with one attached hydrogen (secondary N) is 1. The number of hydrogen-bond acceptors (Lipinski definition) is 4. The smallest absolute Gasteiger partial charge is 0.237 e. The Morgan fingerprint density at radius 1 is 1.57 bits per heavy atom. The normalized spacial score (nSPS) is 24.8. The molecule has 2 aliphatic rings. The second kappa shape index (κ2) is 6.15. The van der Waals surface area contributed by atoms with Gasteiger partial charge in [-0.15, -0.1) is 0 Å². The maximum Gasteiger partial charge on any atom is 0.237 e. The van der Waals surface area contributed by atoms with Crippen molar-refractivity contribution in [3.63, 3.8) is 0 Å². The van der Waals surface area contributed by atoms with Crippen molar-refractivity contribution in [2.45, 2.75) is 44.9 Å². The Kier molecular flexibility index (Phi) is 4.26. The highest BCUT2D eigenvalue weighted by molar-refractivity contribution is 5.81. The predicted octanol–water partition coefficient (Wildman–Crippen LogP) is 0.732. The van der Waals surface area contributed by atoms with E-state index in [4.69, 9.17) is 4.74 Å². The van der Waals surface area contributed by atoms with Crippen LogP contribution < -0.4 is 5.32 Å². The van der Waals surface area contributed by atoms with Gasteiger partial charge in [0.15, 0.2) is 0 Å². The highest BCUT2D eigenvalue weighted by Gasteiger charge is 2.35. The molecule has 0 aromatic carbocycles. The molecule has 1 aromatic heterocycles. The zero-order valence-electron chi connectivity index (χ0n) is 12.8. The van der Waals surface area contributed by atoms with E-state index in [1.807, 2.05) is 24.7 Å². The number of carbonyl (C=O) groups is 1. The molecular weight excluding hydrogens is 268 g/mol. The van der Waals surface area contributed by atoms with Crippen LogP contribution in [0.2, 0.25) is 0 Å². The van der Waals surface area contributed by atoms with Gasteiger partial charge in [-0.1, -0.05) is 0 Å². The largest absolute Gasteiger partial charge is 0.376 e. The molecule has 2 fully saturated rings. The van der Waals surface area contributed by atoms with Crippen LogP contribution in [0.1, 0.15) is 31.4 Å². The van der Waals surface area contributed by atoms with E-state index in [2.05, 4.69) is 21.5 Å². The first kappa shape index (κ1) is 14.5. The van der Waals surface area contributed by atoms with E-state index < -0.39 is 0 Å². The highest BCUT2D eigenvalue weighted by atomic mass is 16.5. The van der Waals surface area contributed by atoms with Crippen LogP contribution in [0, 0.1) is 6.92 Å². The molecule has 0 unspecified atom stereocenters. The number of aromatic nitrogens is 2. The van der Waals surface area contributed by atoms with Gasteiger partial charge in [0, 0.05) is 32.4 Å². The van der Waals surface area contributed by atoms with Crippen molar-refractivity contribution >= 4 is 5.91 Å². The highest BCUT2D eigenvalue weighted by Crippen LogP contribution is 2.23. The molecule has 116 valence electrons. The number of hydrogen-bond donors (Lipinski definition) is 1. The molecule has 21 heavy (non-hydrogen) atoms. The first-order valence-corrected chi connectivity index (χ1v) is 7.77. The van der Waals surface area contributed by atoms with E-state index in [0.29, 0.717) is 12.6 Å². The number of ether oxygens (including phenoxy) is 1. The van der Waals surface area contributed by atoms with Gasteiger partial charge < -0.3 is 10.1 Å². The molecule has 2 aliphatic heterocycles. The molecule has 1 N–H and O–H groups in total. The van der Waals surface area contributed by atoms with Crippen molar-refractivity contribution in [3.8, 4) is 0 Å². The number of nitrogens with zero attached hydrogens (tertiary/aromatic N) is 3. The minimum absolute atomic E-state index is 0.0840. The van der Waals surface area contributed by atoms with Crippen molar-refractivity contribution in [2.75, 3.05) is 26.2 Å². The van der Waals surface area contributed by atoms with E-state index in [-0.39, 0.29) is 18.1 Å². The van der Waals surface area contributed by atoms with Crippen LogP contribution in [0.15, 0.2) is 12.4 Å². The van der Waals surface area contributed by atoms with Crippen LogP contribution in [-0.4, -0.2) is 59.0 Å². The first-order valence-electron chi connectivity index (χ1n) is 7.77. The SMILES string of the molecule is Cc1cnn(C2CN([C@@H](C)C(=O)NC[C@@H]3CCCO3)C2)c1. The van der Waals surface area contributed by atoms with E-state index in [1.165, 1.54) is 5.56 Å². The molecule has 3 rings (SSSR count). The molecule has 1 amide bonds. The van der Waals surface area contributed by atoms with Crippen LogP contribution in [-0.2, 0) is 9.53 Å². The fraction of sp³-hybridized carbons (Fsp3) is 0.733. The maximum absolute atomic E-state index is 12.2. The molecule has 0 spiro atoms. The van der Waals surface area contributed by atoms with Gasteiger partial charge in [0.1, 0.15) is 0 Å². The summed E-state index contributed by atoms with van der Waals surface area (Å²) in [4.78, 5) is 14.3. The molecular formula is C15H24N4O2. The van der Waals surface area contributed by atoms with Gasteiger partial charge in [0.25, 0.3) is 0 Å². The van der Waals surface area contributed by atoms with Crippen molar-refractivity contribution in [1.82, 2.24) is 20.0 Å². The zero-order chi connectivity index (χ0) is 14.8. The van der Waals surface area contributed by atoms with E-state index >= 15 is 0 Å². The molecule has 0 aliphatic carbocycles. The van der Waals surface area contributed by atoms with E-state index in [0.717, 1.165) is 32.5 Å². The van der Waals surface area contributed by atoms with Gasteiger partial charge in [-0.3, -0.25) is 14.4 Å². The van der Waals surface area contributed by atoms with Crippen LogP contribution in [0.4, 0.5) is 0 Å². The summed E-state index contributed by atoms with van der Waals surface area (Å²) in [5.41, 5.74) is 1.18. The van der Waals surface area contributed by atoms with Gasteiger partial charge in [-0.25, -0.2) is 0 Å².